The molecule has 11 nitrogen and oxygen atoms in total. The molecule has 24 heavy (non-hydrogen) atoms. The maximum atomic E-state index is 12.0. The van der Waals surface area contributed by atoms with Crippen molar-refractivity contribution in [3.8, 4) is 0 Å². The number of nitrogens with zero attached hydrogens (tertiary/aromatic N) is 3. The van der Waals surface area contributed by atoms with Crippen LogP contribution >= 0.6 is 0 Å². The summed E-state index contributed by atoms with van der Waals surface area (Å²) >= 11 is 0. The lowest BCUT2D eigenvalue weighted by atomic mass is 10.2. The zero-order valence-electron chi connectivity index (χ0n) is 13.1. The molecule has 2 aromatic rings. The zero-order chi connectivity index (χ0) is 17.5. The Labute approximate surface area is 136 Å². The molecule has 0 saturated heterocycles. The summed E-state index contributed by atoms with van der Waals surface area (Å²) in [5, 5.41) is 10.4. The predicted octanol–water partition coefficient (Wildman–Crippen LogP) is 0.0205. The number of aryl methyl sites for hydroxylation is 1. The second-order valence-corrected chi connectivity index (χ2v) is 5.03. The standard InChI is InChI=1S/C13H19N7O4/c1-2-3-4-5-20-10-9(15-7-16-10)11(22)17-12(20)19-18-8(21)6-14-13(23)24/h7,14H,2-6H2,1H3,(H,15,16)(H,18,21)(H,23,24)(H,17,19,22). The van der Waals surface area contributed by atoms with Crippen molar-refractivity contribution < 1.29 is 14.7 Å². The van der Waals surface area contributed by atoms with Gasteiger partial charge in [-0.25, -0.2) is 9.78 Å². The summed E-state index contributed by atoms with van der Waals surface area (Å²) < 4.78 is 1.69. The fourth-order valence-corrected chi connectivity index (χ4v) is 2.11. The smallest absolute Gasteiger partial charge is 0.405 e. The van der Waals surface area contributed by atoms with Gasteiger partial charge in [0.1, 0.15) is 6.54 Å². The second-order valence-electron chi connectivity index (χ2n) is 5.03. The van der Waals surface area contributed by atoms with E-state index in [0.29, 0.717) is 12.2 Å². The lowest BCUT2D eigenvalue weighted by molar-refractivity contribution is -0.119. The van der Waals surface area contributed by atoms with Crippen molar-refractivity contribution >= 4 is 29.1 Å². The Kier molecular flexibility index (Phi) is 5.71. The number of imidazole rings is 1. The van der Waals surface area contributed by atoms with Crippen LogP contribution in [0.15, 0.2) is 11.1 Å². The lowest BCUT2D eigenvalue weighted by Crippen LogP contribution is -2.40. The van der Waals surface area contributed by atoms with Gasteiger partial charge in [0.25, 0.3) is 5.91 Å². The molecule has 0 aliphatic rings. The minimum atomic E-state index is -1.31. The first kappa shape index (κ1) is 17.2. The van der Waals surface area contributed by atoms with E-state index in [9.17, 15) is 14.4 Å². The molecule has 130 valence electrons. The molecular formula is C13H19N7O4. The summed E-state index contributed by atoms with van der Waals surface area (Å²) in [6.45, 7) is 2.21. The van der Waals surface area contributed by atoms with E-state index < -0.39 is 24.1 Å². The molecule has 0 atom stereocenters. The molecule has 0 spiro atoms. The number of aromatic amines is 1. The number of carbonyl (C=O) groups is 2. The summed E-state index contributed by atoms with van der Waals surface area (Å²) in [6.07, 6.45) is 2.97. The Morgan fingerprint density at radius 2 is 2.17 bits per heavy atom. The number of hydrazine groups is 1. The molecule has 0 saturated carbocycles. The Morgan fingerprint density at radius 3 is 2.88 bits per heavy atom. The van der Waals surface area contributed by atoms with E-state index in [-0.39, 0.29) is 11.5 Å². The van der Waals surface area contributed by atoms with Crippen LogP contribution < -0.4 is 21.7 Å². The molecule has 5 N–H and O–H groups in total. The maximum Gasteiger partial charge on any atom is 0.405 e. The number of hydrogen-bond donors (Lipinski definition) is 5. The SMILES string of the molecule is CCCCCn1c(NNC(=O)CNC(=O)O)nc(=O)c2[nH]cnc21. The molecular weight excluding hydrogens is 318 g/mol. The summed E-state index contributed by atoms with van der Waals surface area (Å²) in [6, 6.07) is 0. The van der Waals surface area contributed by atoms with Crippen molar-refractivity contribution in [1.29, 1.82) is 0 Å². The highest BCUT2D eigenvalue weighted by atomic mass is 16.4. The third-order valence-corrected chi connectivity index (χ3v) is 3.25. The van der Waals surface area contributed by atoms with Crippen molar-refractivity contribution in [1.82, 2.24) is 30.3 Å². The van der Waals surface area contributed by atoms with Crippen molar-refractivity contribution in [2.24, 2.45) is 0 Å². The van der Waals surface area contributed by atoms with E-state index in [1.165, 1.54) is 6.33 Å². The van der Waals surface area contributed by atoms with Gasteiger partial charge in [0.15, 0.2) is 11.2 Å². The number of amides is 2. The van der Waals surface area contributed by atoms with Gasteiger partial charge in [-0.05, 0) is 6.42 Å². The van der Waals surface area contributed by atoms with Crippen LogP contribution in [0.25, 0.3) is 11.2 Å². The Morgan fingerprint density at radius 1 is 1.38 bits per heavy atom. The quantitative estimate of drug-likeness (QED) is 0.336. The Bertz CT molecular complexity index is 782. The van der Waals surface area contributed by atoms with Crippen LogP contribution in [0.5, 0.6) is 0 Å². The molecule has 0 bridgehead atoms. The van der Waals surface area contributed by atoms with E-state index in [4.69, 9.17) is 5.11 Å². The van der Waals surface area contributed by atoms with E-state index in [2.05, 4.69) is 32.7 Å². The second kappa shape index (κ2) is 7.94. The number of aromatic nitrogens is 4. The summed E-state index contributed by atoms with van der Waals surface area (Å²) in [4.78, 5) is 44.6. The Balaban J connectivity index is 2.17. The molecule has 0 radical (unpaired) electrons. The molecule has 0 aliphatic heterocycles. The van der Waals surface area contributed by atoms with E-state index >= 15 is 0 Å². The third kappa shape index (κ3) is 4.21. The molecule has 2 rings (SSSR count). The number of nitrogens with one attached hydrogen (secondary N) is 4. The number of carbonyl (C=O) groups excluding carboxylic acids is 1. The number of carboxylic acid groups (broad SMARTS) is 1. The summed E-state index contributed by atoms with van der Waals surface area (Å²) in [5.74, 6) is -0.478. The van der Waals surface area contributed by atoms with E-state index in [1.807, 2.05) is 5.32 Å². The highest BCUT2D eigenvalue weighted by Crippen LogP contribution is 2.12. The number of anilines is 1. The maximum absolute atomic E-state index is 12.0. The molecule has 2 heterocycles. The van der Waals surface area contributed by atoms with Crippen LogP contribution in [0, 0.1) is 0 Å². The largest absolute Gasteiger partial charge is 0.465 e. The van der Waals surface area contributed by atoms with Gasteiger partial charge in [-0.3, -0.25) is 25.0 Å². The van der Waals surface area contributed by atoms with Gasteiger partial charge in [0.2, 0.25) is 5.95 Å². The van der Waals surface area contributed by atoms with E-state index in [0.717, 1.165) is 19.3 Å². The van der Waals surface area contributed by atoms with Gasteiger partial charge in [-0.15, -0.1) is 0 Å². The van der Waals surface area contributed by atoms with Crippen LogP contribution in [-0.4, -0.2) is 43.2 Å². The average molecular weight is 337 g/mol. The summed E-state index contributed by atoms with van der Waals surface area (Å²) in [5.41, 5.74) is 5.07. The number of fused-ring (bicyclic) bond motifs is 1. The van der Waals surface area contributed by atoms with Gasteiger partial charge < -0.3 is 15.4 Å². The highest BCUT2D eigenvalue weighted by molar-refractivity contribution is 5.82. The van der Waals surface area contributed by atoms with Crippen LogP contribution in [0.1, 0.15) is 26.2 Å². The Hall–Kier alpha value is -3.11. The molecule has 2 amide bonds. The van der Waals surface area contributed by atoms with Gasteiger partial charge in [-0.2, -0.15) is 4.98 Å². The van der Waals surface area contributed by atoms with Gasteiger partial charge in [-0.1, -0.05) is 19.8 Å². The van der Waals surface area contributed by atoms with Crippen LogP contribution in [0.4, 0.5) is 10.7 Å². The average Bonchev–Trinajstić information content (AvgIpc) is 3.03. The predicted molar refractivity (Wildman–Crippen MR) is 85.5 cm³/mol. The molecule has 0 aromatic carbocycles. The zero-order valence-corrected chi connectivity index (χ0v) is 13.1. The fourth-order valence-electron chi connectivity index (χ4n) is 2.11. The number of hydrogen-bond acceptors (Lipinski definition) is 6. The molecule has 2 aromatic heterocycles. The number of rotatable bonds is 8. The van der Waals surface area contributed by atoms with Gasteiger partial charge in [0, 0.05) is 6.54 Å². The third-order valence-electron chi connectivity index (χ3n) is 3.25. The minimum absolute atomic E-state index is 0.138. The first-order chi connectivity index (χ1) is 11.5. The first-order valence-corrected chi connectivity index (χ1v) is 7.48. The number of H-pyrrole nitrogens is 1. The fraction of sp³-hybridized carbons (Fsp3) is 0.462. The summed E-state index contributed by atoms with van der Waals surface area (Å²) in [7, 11) is 0. The normalized spacial score (nSPS) is 10.5. The van der Waals surface area contributed by atoms with Crippen molar-refractivity contribution in [2.75, 3.05) is 12.0 Å². The molecule has 0 unspecified atom stereocenters. The minimum Gasteiger partial charge on any atom is -0.465 e. The highest BCUT2D eigenvalue weighted by Gasteiger charge is 2.13. The monoisotopic (exact) mass is 337 g/mol. The first-order valence-electron chi connectivity index (χ1n) is 7.48. The van der Waals surface area contributed by atoms with Gasteiger partial charge >= 0.3 is 11.7 Å². The lowest BCUT2D eigenvalue weighted by Gasteiger charge is -2.15. The van der Waals surface area contributed by atoms with Crippen molar-refractivity contribution in [3.05, 3.63) is 16.7 Å². The molecule has 0 aliphatic carbocycles. The topological polar surface area (TPSA) is 154 Å². The van der Waals surface area contributed by atoms with Crippen LogP contribution in [0.3, 0.4) is 0 Å². The van der Waals surface area contributed by atoms with E-state index in [1.54, 1.807) is 4.57 Å². The van der Waals surface area contributed by atoms with Gasteiger partial charge in [0.05, 0.1) is 6.33 Å². The number of unbranched alkanes of at least 4 members (excludes halogenated alkanes) is 2. The molecule has 0 fully saturated rings. The van der Waals surface area contributed by atoms with Crippen molar-refractivity contribution in [3.63, 3.8) is 0 Å². The molecule has 11 heteroatoms. The van der Waals surface area contributed by atoms with Crippen molar-refractivity contribution in [2.45, 2.75) is 32.7 Å². The van der Waals surface area contributed by atoms with Crippen LogP contribution in [-0.2, 0) is 11.3 Å². The van der Waals surface area contributed by atoms with Crippen LogP contribution in [0.2, 0.25) is 0 Å².